The van der Waals surface area contributed by atoms with Crippen LogP contribution >= 0.6 is 0 Å². The zero-order chi connectivity index (χ0) is 13.5. The van der Waals surface area contributed by atoms with Crippen molar-refractivity contribution in [2.24, 2.45) is 0 Å². The summed E-state index contributed by atoms with van der Waals surface area (Å²) in [7, 11) is 0. The molecule has 0 unspecified atom stereocenters. The molecule has 3 nitrogen and oxygen atoms in total. The van der Waals surface area contributed by atoms with Crippen molar-refractivity contribution in [3.8, 4) is 0 Å². The van der Waals surface area contributed by atoms with Crippen LogP contribution in [0.2, 0.25) is 0 Å². The van der Waals surface area contributed by atoms with Gasteiger partial charge < -0.3 is 10.6 Å². The van der Waals surface area contributed by atoms with Gasteiger partial charge in [-0.15, -0.1) is 0 Å². The molecule has 0 radical (unpaired) electrons. The van der Waals surface area contributed by atoms with E-state index in [2.05, 4.69) is 43.5 Å². The van der Waals surface area contributed by atoms with Crippen molar-refractivity contribution in [2.45, 2.75) is 34.1 Å². The second-order valence-electron chi connectivity index (χ2n) is 4.67. The Balaban J connectivity index is 2.45. The maximum atomic E-state index is 11.4. The Labute approximate surface area is 110 Å². The van der Waals surface area contributed by atoms with Crippen molar-refractivity contribution in [1.29, 1.82) is 0 Å². The Bertz CT molecular complexity index is 413. The topological polar surface area (TPSA) is 41.1 Å². The first-order valence-electron chi connectivity index (χ1n) is 6.59. The predicted octanol–water partition coefficient (Wildman–Crippen LogP) is 1.88. The fourth-order valence-electron chi connectivity index (χ4n) is 1.92. The molecule has 0 saturated carbocycles. The van der Waals surface area contributed by atoms with Gasteiger partial charge in [-0.05, 0) is 56.0 Å². The number of benzene rings is 1. The van der Waals surface area contributed by atoms with Gasteiger partial charge in [-0.1, -0.05) is 19.1 Å². The molecule has 0 aliphatic heterocycles. The molecule has 0 aliphatic carbocycles. The van der Waals surface area contributed by atoms with Gasteiger partial charge in [0.05, 0.1) is 6.54 Å². The fourth-order valence-corrected chi connectivity index (χ4v) is 1.92. The Morgan fingerprint density at radius 1 is 1.17 bits per heavy atom. The van der Waals surface area contributed by atoms with Crippen molar-refractivity contribution in [1.82, 2.24) is 10.6 Å². The fraction of sp³-hybridized carbons (Fsp3) is 0.533. The van der Waals surface area contributed by atoms with Crippen LogP contribution in [0.25, 0.3) is 0 Å². The van der Waals surface area contributed by atoms with Crippen LogP contribution in [0.1, 0.15) is 29.2 Å². The number of hydrogen-bond acceptors (Lipinski definition) is 2. The van der Waals surface area contributed by atoms with Crippen molar-refractivity contribution in [3.05, 3.63) is 34.4 Å². The molecule has 0 aliphatic rings. The number of rotatable bonds is 6. The van der Waals surface area contributed by atoms with Gasteiger partial charge in [0.25, 0.3) is 0 Å². The highest BCUT2D eigenvalue weighted by atomic mass is 16.1. The maximum Gasteiger partial charge on any atom is 0.233 e. The van der Waals surface area contributed by atoms with E-state index in [1.165, 1.54) is 22.3 Å². The first-order valence-corrected chi connectivity index (χ1v) is 6.59. The average Bonchev–Trinajstić information content (AvgIpc) is 2.36. The van der Waals surface area contributed by atoms with Gasteiger partial charge in [0, 0.05) is 6.54 Å². The summed E-state index contributed by atoms with van der Waals surface area (Å²) < 4.78 is 0. The van der Waals surface area contributed by atoms with Gasteiger partial charge in [-0.3, -0.25) is 4.79 Å². The van der Waals surface area contributed by atoms with E-state index >= 15 is 0 Å². The van der Waals surface area contributed by atoms with Crippen molar-refractivity contribution in [3.63, 3.8) is 0 Å². The second-order valence-corrected chi connectivity index (χ2v) is 4.67. The van der Waals surface area contributed by atoms with Crippen LogP contribution in [0.5, 0.6) is 0 Å². The van der Waals surface area contributed by atoms with Gasteiger partial charge >= 0.3 is 0 Å². The Morgan fingerprint density at radius 2 is 1.89 bits per heavy atom. The molecule has 0 atom stereocenters. The van der Waals surface area contributed by atoms with Gasteiger partial charge in [-0.25, -0.2) is 0 Å². The summed E-state index contributed by atoms with van der Waals surface area (Å²) in [5.74, 6) is 0.0679. The molecule has 2 N–H and O–H groups in total. The van der Waals surface area contributed by atoms with E-state index in [-0.39, 0.29) is 5.91 Å². The largest absolute Gasteiger partial charge is 0.355 e. The number of amides is 1. The summed E-state index contributed by atoms with van der Waals surface area (Å²) in [4.78, 5) is 11.4. The van der Waals surface area contributed by atoms with E-state index in [4.69, 9.17) is 0 Å². The molecule has 0 saturated heterocycles. The van der Waals surface area contributed by atoms with Crippen LogP contribution in [0.3, 0.4) is 0 Å². The zero-order valence-corrected chi connectivity index (χ0v) is 11.9. The maximum absolute atomic E-state index is 11.4. The number of hydrogen-bond donors (Lipinski definition) is 2. The lowest BCUT2D eigenvalue weighted by atomic mass is 9.97. The van der Waals surface area contributed by atoms with Crippen LogP contribution in [0.15, 0.2) is 12.1 Å². The molecule has 3 heteroatoms. The minimum atomic E-state index is 0.0679. The predicted molar refractivity (Wildman–Crippen MR) is 75.9 cm³/mol. The van der Waals surface area contributed by atoms with E-state index < -0.39 is 0 Å². The van der Waals surface area contributed by atoms with Crippen molar-refractivity contribution < 1.29 is 4.79 Å². The van der Waals surface area contributed by atoms with Crippen LogP contribution in [0.4, 0.5) is 0 Å². The number of aryl methyl sites for hydroxylation is 1. The molecule has 0 bridgehead atoms. The third kappa shape index (κ3) is 4.15. The summed E-state index contributed by atoms with van der Waals surface area (Å²) >= 11 is 0. The molecular weight excluding hydrogens is 224 g/mol. The SMILES string of the molecule is CCNCC(=O)NCCc1ccc(C)c(C)c1C. The normalized spacial score (nSPS) is 10.4. The molecule has 1 aromatic rings. The standard InChI is InChI=1S/C15H24N2O/c1-5-16-10-15(18)17-9-8-14-7-6-11(2)12(3)13(14)4/h6-7,16H,5,8-10H2,1-4H3,(H,17,18). The molecule has 0 aromatic heterocycles. The van der Waals surface area contributed by atoms with E-state index in [0.29, 0.717) is 13.1 Å². The number of nitrogens with one attached hydrogen (secondary N) is 2. The third-order valence-corrected chi connectivity index (χ3v) is 3.42. The lowest BCUT2D eigenvalue weighted by Crippen LogP contribution is -2.34. The van der Waals surface area contributed by atoms with Gasteiger partial charge in [0.2, 0.25) is 5.91 Å². The van der Waals surface area contributed by atoms with Crippen molar-refractivity contribution >= 4 is 5.91 Å². The summed E-state index contributed by atoms with van der Waals surface area (Å²) in [6, 6.07) is 4.31. The quantitative estimate of drug-likeness (QED) is 0.807. The van der Waals surface area contributed by atoms with E-state index in [1.807, 2.05) is 6.92 Å². The number of likely N-dealkylation sites (N-methyl/N-ethyl adjacent to an activating group) is 1. The lowest BCUT2D eigenvalue weighted by molar-refractivity contribution is -0.120. The average molecular weight is 248 g/mol. The second kappa shape index (κ2) is 7.17. The third-order valence-electron chi connectivity index (χ3n) is 3.42. The van der Waals surface area contributed by atoms with Crippen molar-refractivity contribution in [2.75, 3.05) is 19.6 Å². The number of carbonyl (C=O) groups excluding carboxylic acids is 1. The molecule has 1 amide bonds. The highest BCUT2D eigenvalue weighted by Crippen LogP contribution is 2.17. The molecule has 1 aromatic carbocycles. The van der Waals surface area contributed by atoms with E-state index in [9.17, 15) is 4.79 Å². The summed E-state index contributed by atoms with van der Waals surface area (Å²) in [6.07, 6.45) is 0.894. The molecule has 18 heavy (non-hydrogen) atoms. The van der Waals surface area contributed by atoms with Gasteiger partial charge in [-0.2, -0.15) is 0 Å². The monoisotopic (exact) mass is 248 g/mol. The molecule has 0 fully saturated rings. The Kier molecular flexibility index (Phi) is 5.86. The van der Waals surface area contributed by atoms with Gasteiger partial charge in [0.1, 0.15) is 0 Å². The number of carbonyl (C=O) groups is 1. The molecule has 0 spiro atoms. The highest BCUT2D eigenvalue weighted by Gasteiger charge is 2.04. The van der Waals surface area contributed by atoms with Crippen LogP contribution in [0, 0.1) is 20.8 Å². The Morgan fingerprint density at radius 3 is 2.56 bits per heavy atom. The van der Waals surface area contributed by atoms with Crippen LogP contribution < -0.4 is 10.6 Å². The lowest BCUT2D eigenvalue weighted by Gasteiger charge is -2.12. The van der Waals surface area contributed by atoms with Gasteiger partial charge in [0.15, 0.2) is 0 Å². The summed E-state index contributed by atoms with van der Waals surface area (Å²) in [6.45, 7) is 10.4. The smallest absolute Gasteiger partial charge is 0.233 e. The first kappa shape index (κ1) is 14.7. The van der Waals surface area contributed by atoms with E-state index in [1.54, 1.807) is 0 Å². The minimum Gasteiger partial charge on any atom is -0.355 e. The summed E-state index contributed by atoms with van der Waals surface area (Å²) in [5, 5.41) is 5.94. The first-order chi connectivity index (χ1) is 8.56. The Hall–Kier alpha value is -1.35. The minimum absolute atomic E-state index is 0.0679. The molecular formula is C15H24N2O. The van der Waals surface area contributed by atoms with Crippen LogP contribution in [-0.2, 0) is 11.2 Å². The molecule has 100 valence electrons. The van der Waals surface area contributed by atoms with Crippen LogP contribution in [-0.4, -0.2) is 25.5 Å². The van der Waals surface area contributed by atoms with E-state index in [0.717, 1.165) is 13.0 Å². The zero-order valence-electron chi connectivity index (χ0n) is 11.9. The molecule has 0 heterocycles. The molecule has 1 rings (SSSR count). The summed E-state index contributed by atoms with van der Waals surface area (Å²) in [5.41, 5.74) is 5.34. The highest BCUT2D eigenvalue weighted by molar-refractivity contribution is 5.77.